The van der Waals surface area contributed by atoms with Crippen molar-refractivity contribution in [3.05, 3.63) is 58.7 Å². The maximum Gasteiger partial charge on any atom is 0.238 e. The van der Waals surface area contributed by atoms with Crippen LogP contribution < -0.4 is 5.32 Å². The Hall–Kier alpha value is -2.18. The first-order valence-corrected chi connectivity index (χ1v) is 10.6. The molecule has 2 aromatic carbocycles. The predicted octanol–water partition coefficient (Wildman–Crippen LogP) is 3.26. The van der Waals surface area contributed by atoms with Crippen LogP contribution in [0.5, 0.6) is 0 Å². The van der Waals surface area contributed by atoms with E-state index in [1.807, 2.05) is 51.1 Å². The molecular weight excluding hydrogens is 360 g/mol. The lowest BCUT2D eigenvalue weighted by atomic mass is 10.1. The average molecular weight is 389 g/mol. The highest BCUT2D eigenvalue weighted by atomic mass is 32.2. The Morgan fingerprint density at radius 2 is 1.63 bits per heavy atom. The second-order valence-electron chi connectivity index (χ2n) is 7.14. The number of hydrogen-bond acceptors (Lipinski definition) is 4. The lowest BCUT2D eigenvalue weighted by Crippen LogP contribution is -2.34. The number of anilines is 1. The number of carbonyl (C=O) groups is 1. The van der Waals surface area contributed by atoms with Gasteiger partial charge in [-0.05, 0) is 63.1 Å². The molecule has 0 aliphatic carbocycles. The van der Waals surface area contributed by atoms with Gasteiger partial charge in [-0.1, -0.05) is 30.3 Å². The van der Waals surface area contributed by atoms with Crippen molar-refractivity contribution in [2.24, 2.45) is 0 Å². The van der Waals surface area contributed by atoms with Crippen LogP contribution >= 0.6 is 0 Å². The first-order valence-electron chi connectivity index (χ1n) is 8.95. The molecule has 6 heteroatoms. The number of amides is 1. The van der Waals surface area contributed by atoms with Gasteiger partial charge in [-0.25, -0.2) is 8.42 Å². The maximum atomic E-state index is 12.6. The van der Waals surface area contributed by atoms with E-state index in [2.05, 4.69) is 5.32 Å². The summed E-state index contributed by atoms with van der Waals surface area (Å²) >= 11 is 0. The first-order chi connectivity index (χ1) is 12.6. The Morgan fingerprint density at radius 1 is 1.00 bits per heavy atom. The fourth-order valence-electron chi connectivity index (χ4n) is 2.94. The molecular formula is C21H28N2O3S. The van der Waals surface area contributed by atoms with E-state index in [-0.39, 0.29) is 24.7 Å². The van der Waals surface area contributed by atoms with E-state index < -0.39 is 9.84 Å². The van der Waals surface area contributed by atoms with Crippen LogP contribution in [0, 0.1) is 27.7 Å². The molecule has 2 rings (SSSR count). The number of sulfone groups is 1. The van der Waals surface area contributed by atoms with Crippen LogP contribution in [0.2, 0.25) is 0 Å². The number of nitrogens with zero attached hydrogens (tertiary/aromatic N) is 1. The average Bonchev–Trinajstić information content (AvgIpc) is 2.58. The molecule has 0 unspecified atom stereocenters. The summed E-state index contributed by atoms with van der Waals surface area (Å²) in [7, 11) is -1.64. The maximum absolute atomic E-state index is 12.6. The molecule has 0 saturated heterocycles. The number of likely N-dealkylation sites (N-methyl/N-ethyl adjacent to an activating group) is 1. The number of nitrogens with one attached hydrogen (secondary N) is 1. The van der Waals surface area contributed by atoms with Crippen LogP contribution in [0.1, 0.15) is 22.3 Å². The van der Waals surface area contributed by atoms with Gasteiger partial charge in [0.2, 0.25) is 5.91 Å². The zero-order valence-corrected chi connectivity index (χ0v) is 17.5. The monoisotopic (exact) mass is 388 g/mol. The van der Waals surface area contributed by atoms with Gasteiger partial charge in [0.1, 0.15) is 0 Å². The van der Waals surface area contributed by atoms with Crippen molar-refractivity contribution < 1.29 is 13.2 Å². The van der Waals surface area contributed by atoms with Crippen molar-refractivity contribution in [2.75, 3.05) is 31.2 Å². The zero-order valence-electron chi connectivity index (χ0n) is 16.7. The molecule has 0 saturated carbocycles. The van der Waals surface area contributed by atoms with E-state index in [1.165, 1.54) is 0 Å². The number of hydrogen-bond donors (Lipinski definition) is 1. The van der Waals surface area contributed by atoms with Crippen molar-refractivity contribution in [3.8, 4) is 0 Å². The van der Waals surface area contributed by atoms with E-state index >= 15 is 0 Å². The first kappa shape index (κ1) is 21.1. The number of aryl methyl sites for hydroxylation is 4. The van der Waals surface area contributed by atoms with Crippen LogP contribution in [0.4, 0.5) is 5.69 Å². The Kier molecular flexibility index (Phi) is 6.78. The van der Waals surface area contributed by atoms with Crippen molar-refractivity contribution in [2.45, 2.75) is 32.6 Å². The Labute approximate surface area is 162 Å². The Morgan fingerprint density at radius 3 is 2.26 bits per heavy atom. The summed E-state index contributed by atoms with van der Waals surface area (Å²) in [6.45, 7) is 7.99. The topological polar surface area (TPSA) is 66.5 Å². The fraction of sp³-hybridized carbons (Fsp3) is 0.381. The molecule has 1 N–H and O–H groups in total. The Balaban J connectivity index is 1.96. The molecule has 0 spiro atoms. The van der Waals surface area contributed by atoms with Gasteiger partial charge >= 0.3 is 0 Å². The molecule has 0 radical (unpaired) electrons. The summed E-state index contributed by atoms with van der Waals surface area (Å²) in [6, 6.07) is 11.3. The molecule has 0 aliphatic heterocycles. The van der Waals surface area contributed by atoms with Crippen LogP contribution in [-0.2, 0) is 14.6 Å². The summed E-state index contributed by atoms with van der Waals surface area (Å²) < 4.78 is 25.3. The summed E-state index contributed by atoms with van der Waals surface area (Å²) in [5.74, 6) is -0.177. The van der Waals surface area contributed by atoms with Crippen molar-refractivity contribution >= 4 is 21.4 Å². The quantitative estimate of drug-likeness (QED) is 0.791. The van der Waals surface area contributed by atoms with Gasteiger partial charge < -0.3 is 5.32 Å². The molecule has 1 amide bonds. The minimum atomic E-state index is -3.39. The van der Waals surface area contributed by atoms with Gasteiger partial charge in [0, 0.05) is 12.2 Å². The summed E-state index contributed by atoms with van der Waals surface area (Å²) in [4.78, 5) is 14.4. The third-order valence-corrected chi connectivity index (χ3v) is 6.41. The third kappa shape index (κ3) is 5.65. The van der Waals surface area contributed by atoms with Gasteiger partial charge in [0.15, 0.2) is 9.84 Å². The summed E-state index contributed by atoms with van der Waals surface area (Å²) in [5.41, 5.74) is 4.49. The second-order valence-corrected chi connectivity index (χ2v) is 9.22. The fourth-order valence-corrected chi connectivity index (χ4v) is 4.64. The molecule has 146 valence electrons. The van der Waals surface area contributed by atoms with Crippen LogP contribution in [0.25, 0.3) is 0 Å². The SMILES string of the molecule is Cc1ccc(C)c(S(=O)(=O)CCN(C)CC(=O)Nc2c(C)cccc2C)c1. The molecule has 0 fully saturated rings. The molecule has 0 atom stereocenters. The molecule has 0 aliphatic rings. The van der Waals surface area contributed by atoms with Crippen LogP contribution in [0.15, 0.2) is 41.3 Å². The zero-order chi connectivity index (χ0) is 20.2. The number of rotatable bonds is 7. The van der Waals surface area contributed by atoms with E-state index in [0.29, 0.717) is 4.90 Å². The van der Waals surface area contributed by atoms with Crippen LogP contribution in [0.3, 0.4) is 0 Å². The van der Waals surface area contributed by atoms with Crippen molar-refractivity contribution in [1.82, 2.24) is 4.90 Å². The number of carbonyl (C=O) groups excluding carboxylic acids is 1. The number of benzene rings is 2. The van der Waals surface area contributed by atoms with Gasteiger partial charge in [-0.15, -0.1) is 0 Å². The third-order valence-electron chi connectivity index (χ3n) is 4.58. The standard InChI is InChI=1S/C21H28N2O3S/c1-15-9-10-16(2)19(13-15)27(25,26)12-11-23(5)14-20(24)22-21-17(3)7-6-8-18(21)4/h6-10,13H,11-12,14H2,1-5H3,(H,22,24). The largest absolute Gasteiger partial charge is 0.324 e. The molecule has 5 nitrogen and oxygen atoms in total. The van der Waals surface area contributed by atoms with Crippen molar-refractivity contribution in [3.63, 3.8) is 0 Å². The minimum Gasteiger partial charge on any atom is -0.324 e. The van der Waals surface area contributed by atoms with Gasteiger partial charge in [-0.2, -0.15) is 0 Å². The van der Waals surface area contributed by atoms with Gasteiger partial charge in [0.05, 0.1) is 17.2 Å². The van der Waals surface area contributed by atoms with E-state index in [1.54, 1.807) is 24.9 Å². The lowest BCUT2D eigenvalue weighted by Gasteiger charge is -2.18. The van der Waals surface area contributed by atoms with Crippen molar-refractivity contribution in [1.29, 1.82) is 0 Å². The highest BCUT2D eigenvalue weighted by Gasteiger charge is 2.19. The molecule has 0 aromatic heterocycles. The summed E-state index contributed by atoms with van der Waals surface area (Å²) in [5, 5.41) is 2.92. The summed E-state index contributed by atoms with van der Waals surface area (Å²) in [6.07, 6.45) is 0. The van der Waals surface area contributed by atoms with E-state index in [9.17, 15) is 13.2 Å². The van der Waals surface area contributed by atoms with Crippen LogP contribution in [-0.4, -0.2) is 45.1 Å². The normalized spacial score (nSPS) is 11.6. The molecule has 0 heterocycles. The minimum absolute atomic E-state index is 0.0233. The second kappa shape index (κ2) is 8.67. The van der Waals surface area contributed by atoms with E-state index in [4.69, 9.17) is 0 Å². The van der Waals surface area contributed by atoms with Gasteiger partial charge in [-0.3, -0.25) is 9.69 Å². The molecule has 2 aromatic rings. The molecule has 27 heavy (non-hydrogen) atoms. The van der Waals surface area contributed by atoms with E-state index in [0.717, 1.165) is 27.9 Å². The predicted molar refractivity (Wildman–Crippen MR) is 110 cm³/mol. The lowest BCUT2D eigenvalue weighted by molar-refractivity contribution is -0.117. The Bertz CT molecular complexity index is 916. The highest BCUT2D eigenvalue weighted by Crippen LogP contribution is 2.20. The molecule has 0 bridgehead atoms. The van der Waals surface area contributed by atoms with Gasteiger partial charge in [0.25, 0.3) is 0 Å². The highest BCUT2D eigenvalue weighted by molar-refractivity contribution is 7.91. The smallest absolute Gasteiger partial charge is 0.238 e. The number of para-hydroxylation sites is 1.